The summed E-state index contributed by atoms with van der Waals surface area (Å²) in [4.78, 5) is 0. The van der Waals surface area contributed by atoms with Crippen molar-refractivity contribution in [2.45, 2.75) is 46.3 Å². The molecular weight excluding hydrogens is 333 g/mol. The Balaban J connectivity index is 2.11. The van der Waals surface area contributed by atoms with E-state index in [1.807, 2.05) is 17.8 Å². The maximum absolute atomic E-state index is 13.1. The zero-order valence-electron chi connectivity index (χ0n) is 12.9. The average molecular weight is 354 g/mol. The Labute approximate surface area is 133 Å². The molecule has 2 aromatic rings. The number of halogens is 2. The molecule has 3 nitrogen and oxygen atoms in total. The molecule has 0 spiro atoms. The standard InChI is InChI=1S/C16H21BrFN3/c1-11-13(8-19-16(2,3)4)10-21(20-11)9-12-5-6-14(18)7-15(12)17/h5-7,10,19H,8-9H2,1-4H3. The van der Waals surface area contributed by atoms with E-state index >= 15 is 0 Å². The van der Waals surface area contributed by atoms with Crippen LogP contribution in [0.15, 0.2) is 28.9 Å². The monoisotopic (exact) mass is 353 g/mol. The first-order chi connectivity index (χ1) is 9.74. The summed E-state index contributed by atoms with van der Waals surface area (Å²) < 4.78 is 15.8. The van der Waals surface area contributed by atoms with Gasteiger partial charge in [0, 0.05) is 28.3 Å². The van der Waals surface area contributed by atoms with Crippen LogP contribution < -0.4 is 5.32 Å². The maximum Gasteiger partial charge on any atom is 0.124 e. The summed E-state index contributed by atoms with van der Waals surface area (Å²) in [7, 11) is 0. The zero-order valence-corrected chi connectivity index (χ0v) is 14.5. The predicted molar refractivity (Wildman–Crippen MR) is 86.8 cm³/mol. The summed E-state index contributed by atoms with van der Waals surface area (Å²) in [6, 6.07) is 4.73. The van der Waals surface area contributed by atoms with Gasteiger partial charge in [-0.1, -0.05) is 22.0 Å². The molecule has 0 unspecified atom stereocenters. The first-order valence-electron chi connectivity index (χ1n) is 6.96. The minimum atomic E-state index is -0.239. The third-order valence-corrected chi connectivity index (χ3v) is 3.94. The van der Waals surface area contributed by atoms with Crippen LogP contribution in [0.1, 0.15) is 37.6 Å². The largest absolute Gasteiger partial charge is 0.308 e. The number of aromatic nitrogens is 2. The summed E-state index contributed by atoms with van der Waals surface area (Å²) >= 11 is 3.39. The van der Waals surface area contributed by atoms with Crippen LogP contribution in [-0.4, -0.2) is 15.3 Å². The molecule has 0 aliphatic heterocycles. The quantitative estimate of drug-likeness (QED) is 0.899. The second-order valence-corrected chi connectivity index (χ2v) is 7.13. The van der Waals surface area contributed by atoms with Crippen molar-refractivity contribution in [3.05, 3.63) is 51.5 Å². The van der Waals surface area contributed by atoms with E-state index in [9.17, 15) is 4.39 Å². The van der Waals surface area contributed by atoms with Gasteiger partial charge in [0.15, 0.2) is 0 Å². The molecule has 0 amide bonds. The Morgan fingerprint density at radius 3 is 2.62 bits per heavy atom. The van der Waals surface area contributed by atoms with Gasteiger partial charge in [0.1, 0.15) is 5.82 Å². The van der Waals surface area contributed by atoms with E-state index in [-0.39, 0.29) is 11.4 Å². The van der Waals surface area contributed by atoms with Crippen molar-refractivity contribution >= 4 is 15.9 Å². The van der Waals surface area contributed by atoms with Gasteiger partial charge in [-0.2, -0.15) is 5.10 Å². The lowest BCUT2D eigenvalue weighted by molar-refractivity contribution is 0.423. The van der Waals surface area contributed by atoms with Gasteiger partial charge in [-0.15, -0.1) is 0 Å². The Kier molecular flexibility index (Phi) is 4.84. The van der Waals surface area contributed by atoms with Gasteiger partial charge in [-0.3, -0.25) is 4.68 Å². The van der Waals surface area contributed by atoms with Crippen molar-refractivity contribution in [2.24, 2.45) is 0 Å². The molecule has 1 aromatic heterocycles. The lowest BCUT2D eigenvalue weighted by atomic mass is 10.1. The van der Waals surface area contributed by atoms with E-state index in [1.54, 1.807) is 6.07 Å². The van der Waals surface area contributed by atoms with E-state index in [1.165, 1.54) is 17.7 Å². The number of benzene rings is 1. The van der Waals surface area contributed by atoms with E-state index < -0.39 is 0 Å². The van der Waals surface area contributed by atoms with Gasteiger partial charge < -0.3 is 5.32 Å². The van der Waals surface area contributed by atoms with Gasteiger partial charge in [-0.25, -0.2) is 4.39 Å². The molecule has 114 valence electrons. The highest BCUT2D eigenvalue weighted by Crippen LogP contribution is 2.19. The highest BCUT2D eigenvalue weighted by Gasteiger charge is 2.12. The minimum absolute atomic E-state index is 0.0779. The molecule has 5 heteroatoms. The SMILES string of the molecule is Cc1nn(Cc2ccc(F)cc2Br)cc1CNC(C)(C)C. The van der Waals surface area contributed by atoms with Crippen molar-refractivity contribution in [1.82, 2.24) is 15.1 Å². The molecule has 0 aliphatic carbocycles. The van der Waals surface area contributed by atoms with Gasteiger partial charge in [-0.05, 0) is 45.4 Å². The van der Waals surface area contributed by atoms with Crippen molar-refractivity contribution < 1.29 is 4.39 Å². The fourth-order valence-electron chi connectivity index (χ4n) is 2.00. The zero-order chi connectivity index (χ0) is 15.6. The van der Waals surface area contributed by atoms with Crippen LogP contribution in [0, 0.1) is 12.7 Å². The van der Waals surface area contributed by atoms with Gasteiger partial charge in [0.05, 0.1) is 12.2 Å². The van der Waals surface area contributed by atoms with Gasteiger partial charge >= 0.3 is 0 Å². The number of nitrogens with zero attached hydrogens (tertiary/aromatic N) is 2. The van der Waals surface area contributed by atoms with Crippen LogP contribution >= 0.6 is 15.9 Å². The van der Waals surface area contributed by atoms with E-state index in [0.29, 0.717) is 6.54 Å². The van der Waals surface area contributed by atoms with Crippen LogP contribution in [0.5, 0.6) is 0 Å². The fourth-order valence-corrected chi connectivity index (χ4v) is 2.47. The fraction of sp³-hybridized carbons (Fsp3) is 0.438. The van der Waals surface area contributed by atoms with Crippen molar-refractivity contribution in [3.8, 4) is 0 Å². The normalized spacial score (nSPS) is 11.9. The van der Waals surface area contributed by atoms with Crippen molar-refractivity contribution in [3.63, 3.8) is 0 Å². The van der Waals surface area contributed by atoms with Crippen LogP contribution in [0.4, 0.5) is 4.39 Å². The molecule has 0 saturated heterocycles. The Bertz CT molecular complexity index is 629. The molecule has 0 atom stereocenters. The van der Waals surface area contributed by atoms with Crippen LogP contribution in [0.2, 0.25) is 0 Å². The van der Waals surface area contributed by atoms with Gasteiger partial charge in [0.25, 0.3) is 0 Å². The summed E-state index contributed by atoms with van der Waals surface area (Å²) in [6.45, 7) is 9.85. The Morgan fingerprint density at radius 2 is 2.00 bits per heavy atom. The summed E-state index contributed by atoms with van der Waals surface area (Å²) in [5, 5.41) is 8.00. The Morgan fingerprint density at radius 1 is 1.29 bits per heavy atom. The molecule has 1 heterocycles. The second kappa shape index (κ2) is 6.28. The molecular formula is C16H21BrFN3. The third kappa shape index (κ3) is 4.64. The number of aryl methyl sites for hydroxylation is 1. The highest BCUT2D eigenvalue weighted by molar-refractivity contribution is 9.10. The molecule has 21 heavy (non-hydrogen) atoms. The predicted octanol–water partition coefficient (Wildman–Crippen LogP) is 4.03. The maximum atomic E-state index is 13.1. The topological polar surface area (TPSA) is 29.9 Å². The summed E-state index contributed by atoms with van der Waals surface area (Å²) in [6.07, 6.45) is 2.05. The second-order valence-electron chi connectivity index (χ2n) is 6.28. The van der Waals surface area contributed by atoms with Crippen molar-refractivity contribution in [1.29, 1.82) is 0 Å². The highest BCUT2D eigenvalue weighted by atomic mass is 79.9. The number of rotatable bonds is 4. The average Bonchev–Trinajstić information content (AvgIpc) is 2.70. The molecule has 0 saturated carbocycles. The summed E-state index contributed by atoms with van der Waals surface area (Å²) in [5.41, 5.74) is 3.29. The first kappa shape index (κ1) is 16.2. The van der Waals surface area contributed by atoms with Crippen LogP contribution in [0.3, 0.4) is 0 Å². The summed E-state index contributed by atoms with van der Waals surface area (Å²) in [5.74, 6) is -0.239. The van der Waals surface area contributed by atoms with E-state index in [2.05, 4.69) is 47.1 Å². The lowest BCUT2D eigenvalue weighted by Gasteiger charge is -2.20. The van der Waals surface area contributed by atoms with Gasteiger partial charge in [0.2, 0.25) is 0 Å². The van der Waals surface area contributed by atoms with Crippen LogP contribution in [-0.2, 0) is 13.1 Å². The smallest absolute Gasteiger partial charge is 0.124 e. The lowest BCUT2D eigenvalue weighted by Crippen LogP contribution is -2.35. The van der Waals surface area contributed by atoms with E-state index in [0.717, 1.165) is 22.3 Å². The van der Waals surface area contributed by atoms with Crippen LogP contribution in [0.25, 0.3) is 0 Å². The van der Waals surface area contributed by atoms with Crippen molar-refractivity contribution in [2.75, 3.05) is 0 Å². The minimum Gasteiger partial charge on any atom is -0.308 e. The van der Waals surface area contributed by atoms with E-state index in [4.69, 9.17) is 0 Å². The molecule has 0 aliphatic rings. The molecule has 1 N–H and O–H groups in total. The molecule has 0 fully saturated rings. The molecule has 0 bridgehead atoms. The third-order valence-electron chi connectivity index (χ3n) is 3.20. The number of nitrogens with one attached hydrogen (secondary N) is 1. The number of hydrogen-bond acceptors (Lipinski definition) is 2. The molecule has 2 rings (SSSR count). The first-order valence-corrected chi connectivity index (χ1v) is 7.76. The number of hydrogen-bond donors (Lipinski definition) is 1. The molecule has 1 aromatic carbocycles. The molecule has 0 radical (unpaired) electrons. The Hall–Kier alpha value is -1.20.